The fourth-order valence-corrected chi connectivity index (χ4v) is 1.49. The van der Waals surface area contributed by atoms with Crippen LogP contribution in [0.25, 0.3) is 0 Å². The Morgan fingerprint density at radius 1 is 1.25 bits per heavy atom. The number of carbonyl (C=O) groups is 2. The van der Waals surface area contributed by atoms with Gasteiger partial charge in [0.1, 0.15) is 6.61 Å². The maximum atomic E-state index is 12.9. The van der Waals surface area contributed by atoms with Crippen LogP contribution >= 0.6 is 0 Å². The summed E-state index contributed by atoms with van der Waals surface area (Å²) in [5, 5.41) is 4.35. The molecular formula is C12H13F3N2O3. The molecule has 1 rings (SSSR count). The van der Waals surface area contributed by atoms with Crippen molar-refractivity contribution in [1.82, 2.24) is 0 Å². The van der Waals surface area contributed by atoms with Crippen molar-refractivity contribution in [2.75, 3.05) is 24.4 Å². The standard InChI is InChI=1S/C12H13F3N2O3/c1-7(18)16-8-3-4-10(17-11(19)6-20-2)9(5-8)12(13,14)15/h3-5H,6H2,1-2H3,(H,16,18)(H,17,19). The fraction of sp³-hybridized carbons (Fsp3) is 0.333. The van der Waals surface area contributed by atoms with E-state index >= 15 is 0 Å². The van der Waals surface area contributed by atoms with Gasteiger partial charge in [-0.15, -0.1) is 0 Å². The predicted octanol–water partition coefficient (Wildman–Crippen LogP) is 2.25. The van der Waals surface area contributed by atoms with Crippen molar-refractivity contribution in [3.05, 3.63) is 23.8 Å². The van der Waals surface area contributed by atoms with E-state index in [1.54, 1.807) is 0 Å². The summed E-state index contributed by atoms with van der Waals surface area (Å²) in [5.74, 6) is -1.19. The summed E-state index contributed by atoms with van der Waals surface area (Å²) in [6, 6.07) is 3.09. The van der Waals surface area contributed by atoms with Gasteiger partial charge in [-0.3, -0.25) is 9.59 Å². The highest BCUT2D eigenvalue weighted by Crippen LogP contribution is 2.36. The van der Waals surface area contributed by atoms with Crippen molar-refractivity contribution in [1.29, 1.82) is 0 Å². The van der Waals surface area contributed by atoms with E-state index in [9.17, 15) is 22.8 Å². The highest BCUT2D eigenvalue weighted by atomic mass is 19.4. The van der Waals surface area contributed by atoms with Crippen LogP contribution in [-0.4, -0.2) is 25.5 Å². The number of halogens is 3. The molecule has 110 valence electrons. The molecule has 0 bridgehead atoms. The van der Waals surface area contributed by atoms with Gasteiger partial charge < -0.3 is 15.4 Å². The molecule has 0 spiro atoms. The normalized spacial score (nSPS) is 11.1. The van der Waals surface area contributed by atoms with E-state index in [0.717, 1.165) is 12.1 Å². The van der Waals surface area contributed by atoms with Crippen molar-refractivity contribution in [3.8, 4) is 0 Å². The molecule has 0 saturated heterocycles. The number of nitrogens with one attached hydrogen (secondary N) is 2. The lowest BCUT2D eigenvalue weighted by molar-refractivity contribution is -0.137. The molecule has 0 atom stereocenters. The zero-order chi connectivity index (χ0) is 15.3. The van der Waals surface area contributed by atoms with Crippen molar-refractivity contribution in [2.24, 2.45) is 0 Å². The molecule has 0 saturated carbocycles. The van der Waals surface area contributed by atoms with E-state index in [1.807, 2.05) is 0 Å². The fourth-order valence-electron chi connectivity index (χ4n) is 1.49. The van der Waals surface area contributed by atoms with Gasteiger partial charge in [0.05, 0.1) is 11.3 Å². The van der Waals surface area contributed by atoms with Gasteiger partial charge in [0.2, 0.25) is 11.8 Å². The van der Waals surface area contributed by atoms with E-state index in [1.165, 1.54) is 20.1 Å². The number of carbonyl (C=O) groups excluding carboxylic acids is 2. The molecule has 1 aromatic carbocycles. The Morgan fingerprint density at radius 3 is 2.40 bits per heavy atom. The second kappa shape index (κ2) is 6.38. The van der Waals surface area contributed by atoms with Gasteiger partial charge in [0, 0.05) is 19.7 Å². The van der Waals surface area contributed by atoms with Crippen LogP contribution in [0.2, 0.25) is 0 Å². The molecular weight excluding hydrogens is 277 g/mol. The Kier molecular flexibility index (Phi) is 5.09. The molecule has 0 aliphatic carbocycles. The number of ether oxygens (including phenoxy) is 1. The number of alkyl halides is 3. The van der Waals surface area contributed by atoms with E-state index in [-0.39, 0.29) is 12.3 Å². The molecule has 8 heteroatoms. The number of benzene rings is 1. The van der Waals surface area contributed by atoms with Gasteiger partial charge in [-0.2, -0.15) is 13.2 Å². The van der Waals surface area contributed by atoms with Crippen LogP contribution < -0.4 is 10.6 Å². The summed E-state index contributed by atoms with van der Waals surface area (Å²) in [6.45, 7) is 0.826. The summed E-state index contributed by atoms with van der Waals surface area (Å²) in [4.78, 5) is 22.1. The average Bonchev–Trinajstić information content (AvgIpc) is 2.29. The molecule has 0 aliphatic rings. The highest BCUT2D eigenvalue weighted by Gasteiger charge is 2.34. The summed E-state index contributed by atoms with van der Waals surface area (Å²) < 4.78 is 43.2. The first-order chi connectivity index (χ1) is 9.24. The number of hydrogen-bond donors (Lipinski definition) is 2. The first-order valence-electron chi connectivity index (χ1n) is 5.51. The van der Waals surface area contributed by atoms with E-state index < -0.39 is 29.2 Å². The van der Waals surface area contributed by atoms with Gasteiger partial charge >= 0.3 is 6.18 Å². The second-order valence-corrected chi connectivity index (χ2v) is 3.92. The number of hydrogen-bond acceptors (Lipinski definition) is 3. The van der Waals surface area contributed by atoms with Crippen LogP contribution in [0.4, 0.5) is 24.5 Å². The Morgan fingerprint density at radius 2 is 1.90 bits per heavy atom. The molecule has 0 aliphatic heterocycles. The minimum Gasteiger partial charge on any atom is -0.375 e. The summed E-state index contributed by atoms with van der Waals surface area (Å²) in [6.07, 6.45) is -4.66. The smallest absolute Gasteiger partial charge is 0.375 e. The predicted molar refractivity (Wildman–Crippen MR) is 66.3 cm³/mol. The molecule has 20 heavy (non-hydrogen) atoms. The summed E-state index contributed by atoms with van der Waals surface area (Å²) in [5.41, 5.74) is -1.45. The molecule has 2 amide bonds. The Hall–Kier alpha value is -2.09. The van der Waals surface area contributed by atoms with Crippen molar-refractivity contribution >= 4 is 23.2 Å². The third-order valence-corrected chi connectivity index (χ3v) is 2.19. The SMILES string of the molecule is COCC(=O)Nc1ccc(NC(C)=O)cc1C(F)(F)F. The zero-order valence-electron chi connectivity index (χ0n) is 10.8. The number of methoxy groups -OCH3 is 1. The van der Waals surface area contributed by atoms with Crippen LogP contribution in [0, 0.1) is 0 Å². The second-order valence-electron chi connectivity index (χ2n) is 3.92. The van der Waals surface area contributed by atoms with Crippen molar-refractivity contribution in [2.45, 2.75) is 13.1 Å². The van der Waals surface area contributed by atoms with Crippen LogP contribution in [0.5, 0.6) is 0 Å². The molecule has 0 heterocycles. The minimum absolute atomic E-state index is 0.00503. The lowest BCUT2D eigenvalue weighted by Crippen LogP contribution is -2.20. The van der Waals surface area contributed by atoms with Crippen molar-refractivity contribution < 1.29 is 27.5 Å². The number of anilines is 2. The van der Waals surface area contributed by atoms with Gasteiger partial charge in [-0.25, -0.2) is 0 Å². The molecule has 0 aromatic heterocycles. The number of rotatable bonds is 4. The summed E-state index contributed by atoms with van der Waals surface area (Å²) >= 11 is 0. The average molecular weight is 290 g/mol. The molecule has 1 aromatic rings. The topological polar surface area (TPSA) is 67.4 Å². The molecule has 0 radical (unpaired) electrons. The third kappa shape index (κ3) is 4.54. The quantitative estimate of drug-likeness (QED) is 0.893. The summed E-state index contributed by atoms with van der Waals surface area (Å²) in [7, 11) is 1.25. The van der Waals surface area contributed by atoms with Crippen LogP contribution in [0.15, 0.2) is 18.2 Å². The van der Waals surface area contributed by atoms with E-state index in [4.69, 9.17) is 0 Å². The van der Waals surface area contributed by atoms with E-state index in [2.05, 4.69) is 15.4 Å². The molecule has 0 fully saturated rings. The van der Waals surface area contributed by atoms with Gasteiger partial charge in [-0.05, 0) is 18.2 Å². The molecule has 2 N–H and O–H groups in total. The van der Waals surface area contributed by atoms with Crippen LogP contribution in [0.1, 0.15) is 12.5 Å². The van der Waals surface area contributed by atoms with Crippen LogP contribution in [0.3, 0.4) is 0 Å². The van der Waals surface area contributed by atoms with E-state index in [0.29, 0.717) is 0 Å². The van der Waals surface area contributed by atoms with Gasteiger partial charge in [0.25, 0.3) is 0 Å². The Balaban J connectivity index is 3.10. The lowest BCUT2D eigenvalue weighted by atomic mass is 10.1. The Bertz CT molecular complexity index is 515. The van der Waals surface area contributed by atoms with Gasteiger partial charge in [0.15, 0.2) is 0 Å². The molecule has 5 nitrogen and oxygen atoms in total. The Labute approximate surface area is 113 Å². The lowest BCUT2D eigenvalue weighted by Gasteiger charge is -2.15. The van der Waals surface area contributed by atoms with Crippen molar-refractivity contribution in [3.63, 3.8) is 0 Å². The first-order valence-corrected chi connectivity index (χ1v) is 5.51. The third-order valence-electron chi connectivity index (χ3n) is 2.19. The minimum atomic E-state index is -4.66. The highest BCUT2D eigenvalue weighted by molar-refractivity contribution is 5.94. The maximum absolute atomic E-state index is 12.9. The zero-order valence-corrected chi connectivity index (χ0v) is 10.8. The maximum Gasteiger partial charge on any atom is 0.418 e. The molecule has 0 unspecified atom stereocenters. The first kappa shape index (κ1) is 16.0. The van der Waals surface area contributed by atoms with Crippen LogP contribution in [-0.2, 0) is 20.5 Å². The van der Waals surface area contributed by atoms with Gasteiger partial charge in [-0.1, -0.05) is 0 Å². The number of amides is 2. The largest absolute Gasteiger partial charge is 0.418 e. The monoisotopic (exact) mass is 290 g/mol.